The first-order valence-corrected chi connectivity index (χ1v) is 10.7. The first kappa shape index (κ1) is 19.1. The van der Waals surface area contributed by atoms with Crippen molar-refractivity contribution in [3.63, 3.8) is 0 Å². The number of thiol groups is 1. The van der Waals surface area contributed by atoms with E-state index in [0.717, 1.165) is 38.5 Å². The van der Waals surface area contributed by atoms with E-state index in [-0.39, 0.29) is 29.6 Å². The molecule has 0 aromatic carbocycles. The fourth-order valence-electron chi connectivity index (χ4n) is 3.99. The van der Waals surface area contributed by atoms with Gasteiger partial charge in [0.1, 0.15) is 5.25 Å². The molecule has 2 fully saturated rings. The quantitative estimate of drug-likeness (QED) is 0.416. The number of carbonyl (C=O) groups excluding carboxylic acids is 2. The molecule has 1 saturated heterocycles. The van der Waals surface area contributed by atoms with Crippen LogP contribution >= 0.6 is 22.5 Å². The summed E-state index contributed by atoms with van der Waals surface area (Å²) < 4.78 is 0. The lowest BCUT2D eigenvalue weighted by Crippen LogP contribution is -2.38. The molecule has 0 bridgehead atoms. The Labute approximate surface area is 148 Å². The Balaban J connectivity index is 1.81. The number of carbonyl (C=O) groups is 2. The maximum atomic E-state index is 12.1. The molecule has 0 aromatic rings. The summed E-state index contributed by atoms with van der Waals surface area (Å²) in [4.78, 5) is 25.6. The van der Waals surface area contributed by atoms with Gasteiger partial charge >= 0.3 is 0 Å². The van der Waals surface area contributed by atoms with Gasteiger partial charge in [0.25, 0.3) is 0 Å². The van der Waals surface area contributed by atoms with Crippen molar-refractivity contribution in [2.45, 2.75) is 70.1 Å². The Hall–Kier alpha value is -0.200. The fourth-order valence-corrected chi connectivity index (χ4v) is 4.92. The van der Waals surface area contributed by atoms with Crippen LogP contribution in [0.2, 0.25) is 0 Å². The first-order valence-electron chi connectivity index (χ1n) is 8.80. The zero-order chi connectivity index (χ0) is 17.0. The van der Waals surface area contributed by atoms with E-state index in [1.807, 2.05) is 0 Å². The molecular weight excluding hydrogens is 330 g/mol. The van der Waals surface area contributed by atoms with Gasteiger partial charge in [-0.05, 0) is 49.9 Å². The molecule has 1 saturated carbocycles. The Bertz CT molecular complexity index is 424. The van der Waals surface area contributed by atoms with Crippen molar-refractivity contribution in [3.05, 3.63) is 0 Å². The molecule has 132 valence electrons. The van der Waals surface area contributed by atoms with E-state index in [2.05, 4.69) is 25.5 Å². The molecule has 6 heteroatoms. The Kier molecular flexibility index (Phi) is 7.29. The van der Waals surface area contributed by atoms with Gasteiger partial charge in [-0.2, -0.15) is 0 Å². The second-order valence-corrected chi connectivity index (χ2v) is 8.59. The fraction of sp³-hybridized carbons (Fsp3) is 0.882. The molecule has 23 heavy (non-hydrogen) atoms. The zero-order valence-electron chi connectivity index (χ0n) is 14.1. The van der Waals surface area contributed by atoms with Gasteiger partial charge in [-0.1, -0.05) is 31.1 Å². The molecule has 1 N–H and O–H groups in total. The van der Waals surface area contributed by atoms with Crippen LogP contribution in [0.3, 0.4) is 0 Å². The van der Waals surface area contributed by atoms with E-state index in [4.69, 9.17) is 0 Å². The van der Waals surface area contributed by atoms with Gasteiger partial charge in [-0.15, -0.1) is 11.7 Å². The van der Waals surface area contributed by atoms with E-state index in [1.165, 1.54) is 15.7 Å². The smallest absolute Gasteiger partial charge is 0.243 e. The monoisotopic (exact) mass is 359 g/mol. The van der Waals surface area contributed by atoms with Gasteiger partial charge in [0.15, 0.2) is 0 Å². The van der Waals surface area contributed by atoms with Crippen LogP contribution in [0.4, 0.5) is 0 Å². The summed E-state index contributed by atoms with van der Waals surface area (Å²) in [5.41, 5.74) is 0. The van der Waals surface area contributed by atoms with Crippen molar-refractivity contribution in [1.29, 1.82) is 0 Å². The molecule has 1 aliphatic carbocycles. The summed E-state index contributed by atoms with van der Waals surface area (Å²) in [7, 11) is 1.17. The van der Waals surface area contributed by atoms with Crippen molar-refractivity contribution in [1.82, 2.24) is 4.90 Å². The summed E-state index contributed by atoms with van der Waals surface area (Å²) in [6, 6.07) is 0. The second kappa shape index (κ2) is 8.77. The molecule has 3 atom stereocenters. The number of likely N-dealkylation sites (tertiary alicyclic amines) is 1. The maximum Gasteiger partial charge on any atom is 0.243 e. The number of hydrogen-bond acceptors (Lipinski definition) is 5. The highest BCUT2D eigenvalue weighted by molar-refractivity contribution is 8.69. The SMILES string of the molecule is CCCC(C)C(O)C1CCC(CN2C(=O)CC(SS)C2=O)CC1. The molecule has 0 radical (unpaired) electrons. The average Bonchev–Trinajstić information content (AvgIpc) is 2.82. The highest BCUT2D eigenvalue weighted by atomic mass is 33.1. The number of aliphatic hydroxyl groups is 1. The van der Waals surface area contributed by atoms with Gasteiger partial charge in [0.2, 0.25) is 11.8 Å². The number of hydrogen-bond donors (Lipinski definition) is 2. The Morgan fingerprint density at radius 2 is 1.96 bits per heavy atom. The molecule has 4 nitrogen and oxygen atoms in total. The van der Waals surface area contributed by atoms with E-state index >= 15 is 0 Å². The Morgan fingerprint density at radius 3 is 2.48 bits per heavy atom. The molecule has 0 spiro atoms. The van der Waals surface area contributed by atoms with Crippen molar-refractivity contribution in [2.24, 2.45) is 17.8 Å². The van der Waals surface area contributed by atoms with Crippen LogP contribution in [0.15, 0.2) is 0 Å². The van der Waals surface area contributed by atoms with Gasteiger partial charge in [0.05, 0.1) is 6.10 Å². The number of nitrogens with zero attached hydrogens (tertiary/aromatic N) is 1. The average molecular weight is 360 g/mol. The molecule has 1 aliphatic heterocycles. The first-order chi connectivity index (χ1) is 11.0. The second-order valence-electron chi connectivity index (χ2n) is 7.18. The summed E-state index contributed by atoms with van der Waals surface area (Å²) in [5.74, 6) is 0.987. The van der Waals surface area contributed by atoms with Crippen LogP contribution in [0.1, 0.15) is 58.8 Å². The van der Waals surface area contributed by atoms with E-state index in [0.29, 0.717) is 24.3 Å². The maximum absolute atomic E-state index is 12.1. The minimum atomic E-state index is -0.307. The molecule has 2 amide bonds. The van der Waals surface area contributed by atoms with Gasteiger partial charge in [-0.25, -0.2) is 0 Å². The van der Waals surface area contributed by atoms with Crippen molar-refractivity contribution < 1.29 is 14.7 Å². The molecular formula is C17H29NO3S2. The third-order valence-electron chi connectivity index (χ3n) is 5.47. The lowest BCUT2D eigenvalue weighted by atomic mass is 9.76. The molecule has 1 heterocycles. The molecule has 0 aromatic heterocycles. The van der Waals surface area contributed by atoms with Gasteiger partial charge in [-0.3, -0.25) is 14.5 Å². The van der Waals surface area contributed by atoms with Crippen LogP contribution in [0, 0.1) is 17.8 Å². The molecule has 2 rings (SSSR count). The summed E-state index contributed by atoms with van der Waals surface area (Å²) >= 11 is 4.08. The topological polar surface area (TPSA) is 57.6 Å². The largest absolute Gasteiger partial charge is 0.393 e. The van der Waals surface area contributed by atoms with Crippen LogP contribution in [0.5, 0.6) is 0 Å². The third kappa shape index (κ3) is 4.67. The van der Waals surface area contributed by atoms with Crippen LogP contribution in [-0.2, 0) is 9.59 Å². The number of amides is 2. The lowest BCUT2D eigenvalue weighted by Gasteiger charge is -2.35. The van der Waals surface area contributed by atoms with Crippen LogP contribution < -0.4 is 0 Å². The summed E-state index contributed by atoms with van der Waals surface area (Å²) in [6.07, 6.45) is 6.25. The predicted octanol–water partition coefficient (Wildman–Crippen LogP) is 3.30. The number of imide groups is 1. The minimum absolute atomic E-state index is 0.0553. The standard InChI is InChI=1S/C17H29NO3S2/c1-3-4-11(2)16(20)13-7-5-12(6-8-13)10-18-15(19)9-14(23-22)17(18)21/h11-14,16,20,22H,3-10H2,1-2H3. The zero-order valence-corrected chi connectivity index (χ0v) is 15.8. The Morgan fingerprint density at radius 1 is 1.30 bits per heavy atom. The predicted molar refractivity (Wildman–Crippen MR) is 97.2 cm³/mol. The summed E-state index contributed by atoms with van der Waals surface area (Å²) in [5, 5.41) is 10.2. The highest BCUT2D eigenvalue weighted by Gasteiger charge is 2.40. The normalized spacial score (nSPS) is 31.5. The van der Waals surface area contributed by atoms with E-state index < -0.39 is 0 Å². The van der Waals surface area contributed by atoms with Crippen LogP contribution in [0.25, 0.3) is 0 Å². The lowest BCUT2D eigenvalue weighted by molar-refractivity contribution is -0.139. The molecule has 2 aliphatic rings. The number of aliphatic hydroxyl groups excluding tert-OH is 1. The van der Waals surface area contributed by atoms with Crippen molar-refractivity contribution in [3.8, 4) is 0 Å². The summed E-state index contributed by atoms with van der Waals surface area (Å²) in [6.45, 7) is 4.84. The van der Waals surface area contributed by atoms with Crippen molar-refractivity contribution in [2.75, 3.05) is 6.54 Å². The van der Waals surface area contributed by atoms with E-state index in [1.54, 1.807) is 0 Å². The van der Waals surface area contributed by atoms with Gasteiger partial charge in [0, 0.05) is 13.0 Å². The van der Waals surface area contributed by atoms with E-state index in [9.17, 15) is 14.7 Å². The van der Waals surface area contributed by atoms with Crippen LogP contribution in [-0.4, -0.2) is 39.7 Å². The minimum Gasteiger partial charge on any atom is -0.393 e. The molecule has 3 unspecified atom stereocenters. The third-order valence-corrected chi connectivity index (χ3v) is 6.86. The number of rotatable bonds is 7. The highest BCUT2D eigenvalue weighted by Crippen LogP contribution is 2.36. The van der Waals surface area contributed by atoms with Gasteiger partial charge < -0.3 is 5.11 Å². The van der Waals surface area contributed by atoms with Crippen molar-refractivity contribution >= 4 is 34.3 Å².